The number of piperidine rings is 1. The fraction of sp³-hybridized carbons (Fsp3) is 0.533. The molecular formula is C15H22N2O3. The Hall–Kier alpha value is -1.59. The van der Waals surface area contributed by atoms with Gasteiger partial charge in [0.1, 0.15) is 5.75 Å². The van der Waals surface area contributed by atoms with Gasteiger partial charge in [-0.25, -0.2) is 0 Å². The zero-order valence-electron chi connectivity index (χ0n) is 11.8. The molecule has 5 heteroatoms. The number of rotatable bonds is 5. The molecule has 0 amide bonds. The molecule has 5 nitrogen and oxygen atoms in total. The molecule has 3 N–H and O–H groups in total. The van der Waals surface area contributed by atoms with E-state index in [1.54, 1.807) is 7.11 Å². The number of aliphatic carboxylic acids is 1. The third-order valence-corrected chi connectivity index (χ3v) is 3.79. The van der Waals surface area contributed by atoms with E-state index in [9.17, 15) is 4.79 Å². The summed E-state index contributed by atoms with van der Waals surface area (Å²) in [6.45, 7) is 2.21. The molecule has 2 atom stereocenters. The molecule has 2 unspecified atom stereocenters. The van der Waals surface area contributed by atoms with Crippen LogP contribution in [-0.4, -0.2) is 48.8 Å². The number of carbonyl (C=O) groups is 1. The highest BCUT2D eigenvalue weighted by Gasteiger charge is 2.26. The predicted molar refractivity (Wildman–Crippen MR) is 77.0 cm³/mol. The second kappa shape index (κ2) is 6.72. The Morgan fingerprint density at radius 3 is 2.70 bits per heavy atom. The molecule has 0 spiro atoms. The number of carboxylic acid groups (broad SMARTS) is 1. The van der Waals surface area contributed by atoms with E-state index >= 15 is 0 Å². The minimum Gasteiger partial charge on any atom is -0.497 e. The molecule has 20 heavy (non-hydrogen) atoms. The Labute approximate surface area is 119 Å². The summed E-state index contributed by atoms with van der Waals surface area (Å²) in [6.07, 6.45) is 1.11. The summed E-state index contributed by atoms with van der Waals surface area (Å²) in [5.41, 5.74) is 7.34. The first-order valence-electron chi connectivity index (χ1n) is 6.92. The predicted octanol–water partition coefficient (Wildman–Crippen LogP) is 1.29. The van der Waals surface area contributed by atoms with Crippen molar-refractivity contribution in [1.29, 1.82) is 0 Å². The first-order chi connectivity index (χ1) is 9.58. The van der Waals surface area contributed by atoms with Crippen LogP contribution in [0, 0.1) is 0 Å². The fourth-order valence-electron chi connectivity index (χ4n) is 2.79. The maximum atomic E-state index is 10.7. The lowest BCUT2D eigenvalue weighted by Gasteiger charge is -2.36. The molecule has 0 radical (unpaired) electrons. The minimum absolute atomic E-state index is 0.102. The molecule has 0 saturated carbocycles. The molecule has 1 aliphatic rings. The van der Waals surface area contributed by atoms with E-state index in [4.69, 9.17) is 15.6 Å². The lowest BCUT2D eigenvalue weighted by molar-refractivity contribution is -0.137. The molecule has 1 heterocycles. The Kier molecular flexibility index (Phi) is 4.98. The highest BCUT2D eigenvalue weighted by Crippen LogP contribution is 2.27. The second-order valence-electron chi connectivity index (χ2n) is 5.37. The van der Waals surface area contributed by atoms with Gasteiger partial charge in [0, 0.05) is 25.7 Å². The van der Waals surface area contributed by atoms with Gasteiger partial charge in [0.25, 0.3) is 0 Å². The van der Waals surface area contributed by atoms with Crippen LogP contribution in [-0.2, 0) is 4.79 Å². The molecule has 0 bridgehead atoms. The summed E-state index contributed by atoms with van der Waals surface area (Å²) in [7, 11) is 1.65. The van der Waals surface area contributed by atoms with Crippen LogP contribution in [0.4, 0.5) is 0 Å². The van der Waals surface area contributed by atoms with E-state index in [1.165, 1.54) is 5.56 Å². The van der Waals surface area contributed by atoms with Crippen LogP contribution < -0.4 is 10.5 Å². The van der Waals surface area contributed by atoms with Gasteiger partial charge in [0.15, 0.2) is 0 Å². The Morgan fingerprint density at radius 2 is 2.10 bits per heavy atom. The molecule has 0 aliphatic carbocycles. The van der Waals surface area contributed by atoms with E-state index in [-0.39, 0.29) is 12.5 Å². The van der Waals surface area contributed by atoms with Crippen molar-refractivity contribution in [2.24, 2.45) is 5.73 Å². The molecular weight excluding hydrogens is 256 g/mol. The summed E-state index contributed by atoms with van der Waals surface area (Å²) in [6, 6.07) is 8.15. The average molecular weight is 278 g/mol. The van der Waals surface area contributed by atoms with Gasteiger partial charge < -0.3 is 20.5 Å². The van der Waals surface area contributed by atoms with Crippen molar-refractivity contribution in [3.8, 4) is 5.75 Å². The maximum absolute atomic E-state index is 10.7. The van der Waals surface area contributed by atoms with Crippen molar-refractivity contribution in [2.75, 3.05) is 26.7 Å². The van der Waals surface area contributed by atoms with Crippen LogP contribution >= 0.6 is 0 Å². The van der Waals surface area contributed by atoms with Gasteiger partial charge in [-0.15, -0.1) is 0 Å². The normalized spacial score (nSPS) is 23.5. The van der Waals surface area contributed by atoms with Gasteiger partial charge in [-0.1, -0.05) is 12.1 Å². The molecule has 1 aromatic carbocycles. The van der Waals surface area contributed by atoms with Crippen molar-refractivity contribution in [3.05, 3.63) is 29.8 Å². The van der Waals surface area contributed by atoms with Gasteiger partial charge in [-0.2, -0.15) is 0 Å². The number of nitrogens with zero attached hydrogens (tertiary/aromatic N) is 1. The van der Waals surface area contributed by atoms with Crippen LogP contribution in [0.25, 0.3) is 0 Å². The van der Waals surface area contributed by atoms with E-state index < -0.39 is 5.97 Å². The molecule has 110 valence electrons. The number of hydrogen-bond acceptors (Lipinski definition) is 4. The summed E-state index contributed by atoms with van der Waals surface area (Å²) in [5.74, 6) is 0.445. The van der Waals surface area contributed by atoms with Gasteiger partial charge in [-0.05, 0) is 30.0 Å². The molecule has 1 aromatic rings. The summed E-state index contributed by atoms with van der Waals surface area (Å²) in [5, 5.41) is 8.78. The number of carboxylic acids is 1. The van der Waals surface area contributed by atoms with Crippen LogP contribution in [0.2, 0.25) is 0 Å². The second-order valence-corrected chi connectivity index (χ2v) is 5.37. The summed E-state index contributed by atoms with van der Waals surface area (Å²) in [4.78, 5) is 12.8. The van der Waals surface area contributed by atoms with Crippen molar-refractivity contribution in [2.45, 2.75) is 24.8 Å². The highest BCUT2D eigenvalue weighted by atomic mass is 16.5. The van der Waals surface area contributed by atoms with Crippen molar-refractivity contribution in [1.82, 2.24) is 4.90 Å². The van der Waals surface area contributed by atoms with Crippen LogP contribution in [0.15, 0.2) is 24.3 Å². The SMILES string of the molecule is COc1ccc(C2CC(N)CN(CCC(=O)O)C2)cc1. The Bertz CT molecular complexity index is 447. The maximum Gasteiger partial charge on any atom is 0.304 e. The highest BCUT2D eigenvalue weighted by molar-refractivity contribution is 5.66. The number of ether oxygens (including phenoxy) is 1. The Morgan fingerprint density at radius 1 is 1.40 bits per heavy atom. The number of hydrogen-bond donors (Lipinski definition) is 2. The van der Waals surface area contributed by atoms with Gasteiger partial charge in [-0.3, -0.25) is 4.79 Å². The monoisotopic (exact) mass is 278 g/mol. The van der Waals surface area contributed by atoms with Gasteiger partial charge in [0.05, 0.1) is 13.5 Å². The molecule has 1 aliphatic heterocycles. The first kappa shape index (κ1) is 14.8. The van der Waals surface area contributed by atoms with E-state index in [1.807, 2.05) is 12.1 Å². The first-order valence-corrected chi connectivity index (χ1v) is 6.92. The van der Waals surface area contributed by atoms with Gasteiger partial charge >= 0.3 is 5.97 Å². The van der Waals surface area contributed by atoms with Crippen LogP contribution in [0.3, 0.4) is 0 Å². The number of likely N-dealkylation sites (tertiary alicyclic amines) is 1. The van der Waals surface area contributed by atoms with Crippen LogP contribution in [0.1, 0.15) is 24.3 Å². The topological polar surface area (TPSA) is 75.8 Å². The molecule has 2 rings (SSSR count). The molecule has 0 aromatic heterocycles. The molecule has 1 fully saturated rings. The summed E-state index contributed by atoms with van der Waals surface area (Å²) < 4.78 is 5.16. The Balaban J connectivity index is 2.00. The third kappa shape index (κ3) is 3.95. The van der Waals surface area contributed by atoms with E-state index in [0.717, 1.165) is 25.3 Å². The van der Waals surface area contributed by atoms with Crippen LogP contribution in [0.5, 0.6) is 5.75 Å². The zero-order valence-corrected chi connectivity index (χ0v) is 11.8. The minimum atomic E-state index is -0.759. The quantitative estimate of drug-likeness (QED) is 0.848. The van der Waals surface area contributed by atoms with Crippen molar-refractivity contribution in [3.63, 3.8) is 0 Å². The van der Waals surface area contributed by atoms with Crippen molar-refractivity contribution < 1.29 is 14.6 Å². The summed E-state index contributed by atoms with van der Waals surface area (Å²) >= 11 is 0. The number of benzene rings is 1. The smallest absolute Gasteiger partial charge is 0.304 e. The molecule has 1 saturated heterocycles. The largest absolute Gasteiger partial charge is 0.497 e. The van der Waals surface area contributed by atoms with Gasteiger partial charge in [0.2, 0.25) is 0 Å². The average Bonchev–Trinajstić information content (AvgIpc) is 2.44. The lowest BCUT2D eigenvalue weighted by Crippen LogP contribution is -2.46. The van der Waals surface area contributed by atoms with Crippen molar-refractivity contribution >= 4 is 5.97 Å². The lowest BCUT2D eigenvalue weighted by atomic mass is 9.88. The third-order valence-electron chi connectivity index (χ3n) is 3.79. The fourth-order valence-corrected chi connectivity index (χ4v) is 2.79. The van der Waals surface area contributed by atoms with E-state index in [0.29, 0.717) is 12.5 Å². The standard InChI is InChI=1S/C15H22N2O3/c1-20-14-4-2-11(3-5-14)12-8-13(16)10-17(9-12)7-6-15(18)19/h2-5,12-13H,6-10,16H2,1H3,(H,18,19). The zero-order chi connectivity index (χ0) is 14.5. The number of nitrogens with two attached hydrogens (primary N) is 1. The number of methoxy groups -OCH3 is 1. The van der Waals surface area contributed by atoms with E-state index in [2.05, 4.69) is 17.0 Å².